The van der Waals surface area contributed by atoms with Gasteiger partial charge in [0.25, 0.3) is 5.91 Å². The molecule has 3 heterocycles. The predicted molar refractivity (Wildman–Crippen MR) is 103 cm³/mol. The number of carbonyl (C=O) groups excluding carboxylic acids is 2. The molecule has 2 aliphatic heterocycles. The number of ether oxygens (including phenoxy) is 1. The second-order valence-electron chi connectivity index (χ2n) is 6.92. The molecular weight excluding hydrogens is 362 g/mol. The molecule has 1 aromatic heterocycles. The Morgan fingerprint density at radius 2 is 2.11 bits per heavy atom. The zero-order chi connectivity index (χ0) is 19.0. The molecule has 2 aromatic rings. The minimum absolute atomic E-state index is 0.0653. The van der Waals surface area contributed by atoms with Crippen molar-refractivity contribution in [1.82, 2.24) is 4.90 Å². The van der Waals surface area contributed by atoms with Crippen LogP contribution in [0, 0.1) is 6.92 Å². The van der Waals surface area contributed by atoms with E-state index in [-0.39, 0.29) is 17.5 Å². The van der Waals surface area contributed by atoms with Crippen LogP contribution in [0.4, 0.5) is 0 Å². The van der Waals surface area contributed by atoms with E-state index in [2.05, 4.69) is 0 Å². The number of nitrogens with zero attached hydrogens (tertiary/aromatic N) is 1. The van der Waals surface area contributed by atoms with Crippen LogP contribution in [0.2, 0.25) is 0 Å². The van der Waals surface area contributed by atoms with Crippen LogP contribution >= 0.6 is 11.3 Å². The Balaban J connectivity index is 1.78. The second-order valence-corrected chi connectivity index (χ2v) is 7.87. The zero-order valence-electron chi connectivity index (χ0n) is 15.1. The second kappa shape index (κ2) is 7.29. The van der Waals surface area contributed by atoms with Crippen LogP contribution < -0.4 is 0 Å². The SMILES string of the molecule is Cc1ccccc1C1C(C(=O)c2cccs2)=C(O)C(=O)N1CC1CCCO1. The minimum Gasteiger partial charge on any atom is -0.503 e. The lowest BCUT2D eigenvalue weighted by Gasteiger charge is -2.29. The Kier molecular flexibility index (Phi) is 4.85. The Morgan fingerprint density at radius 3 is 2.78 bits per heavy atom. The highest BCUT2D eigenvalue weighted by molar-refractivity contribution is 7.12. The molecule has 0 radical (unpaired) electrons. The van der Waals surface area contributed by atoms with Crippen LogP contribution in [-0.4, -0.2) is 41.0 Å². The maximum atomic E-state index is 13.1. The first-order valence-corrected chi connectivity index (χ1v) is 9.95. The number of thiophene rings is 1. The maximum Gasteiger partial charge on any atom is 0.290 e. The molecule has 27 heavy (non-hydrogen) atoms. The molecule has 5 nitrogen and oxygen atoms in total. The van der Waals surface area contributed by atoms with Gasteiger partial charge in [-0.3, -0.25) is 9.59 Å². The zero-order valence-corrected chi connectivity index (χ0v) is 15.9. The van der Waals surface area contributed by atoms with Gasteiger partial charge >= 0.3 is 0 Å². The third-order valence-electron chi connectivity index (χ3n) is 5.20. The molecule has 0 aliphatic carbocycles. The minimum atomic E-state index is -0.600. The molecule has 0 bridgehead atoms. The topological polar surface area (TPSA) is 66.8 Å². The molecule has 6 heteroatoms. The fraction of sp³-hybridized carbons (Fsp3) is 0.333. The summed E-state index contributed by atoms with van der Waals surface area (Å²) in [5.41, 5.74) is 1.99. The van der Waals surface area contributed by atoms with Crippen molar-refractivity contribution in [1.29, 1.82) is 0 Å². The first-order valence-electron chi connectivity index (χ1n) is 9.07. The van der Waals surface area contributed by atoms with Crippen LogP contribution in [0.25, 0.3) is 0 Å². The van der Waals surface area contributed by atoms with E-state index in [0.29, 0.717) is 18.0 Å². The highest BCUT2D eigenvalue weighted by atomic mass is 32.1. The predicted octanol–water partition coefficient (Wildman–Crippen LogP) is 3.81. The summed E-state index contributed by atoms with van der Waals surface area (Å²) in [6.07, 6.45) is 1.77. The summed E-state index contributed by atoms with van der Waals surface area (Å²) >= 11 is 1.31. The molecule has 0 spiro atoms. The van der Waals surface area contributed by atoms with Gasteiger partial charge < -0.3 is 14.7 Å². The highest BCUT2D eigenvalue weighted by Crippen LogP contribution is 2.41. The standard InChI is InChI=1S/C21H21NO4S/c1-13-6-2-3-8-15(13)18-17(19(23)16-9-5-11-27-16)20(24)21(25)22(18)12-14-7-4-10-26-14/h2-3,5-6,8-9,11,14,18,24H,4,7,10,12H2,1H3. The first kappa shape index (κ1) is 17.9. The quantitative estimate of drug-likeness (QED) is 0.797. The smallest absolute Gasteiger partial charge is 0.290 e. The van der Waals surface area contributed by atoms with Gasteiger partial charge in [-0.2, -0.15) is 0 Å². The third-order valence-corrected chi connectivity index (χ3v) is 6.07. The fourth-order valence-electron chi connectivity index (χ4n) is 3.84. The summed E-state index contributed by atoms with van der Waals surface area (Å²) in [5.74, 6) is -1.24. The maximum absolute atomic E-state index is 13.1. The summed E-state index contributed by atoms with van der Waals surface area (Å²) in [4.78, 5) is 28.1. The molecule has 0 saturated carbocycles. The lowest BCUT2D eigenvalue weighted by Crippen LogP contribution is -2.37. The van der Waals surface area contributed by atoms with Crippen molar-refractivity contribution in [3.05, 3.63) is 69.1 Å². The van der Waals surface area contributed by atoms with Crippen molar-refractivity contribution < 1.29 is 19.4 Å². The fourth-order valence-corrected chi connectivity index (χ4v) is 4.52. The van der Waals surface area contributed by atoms with E-state index >= 15 is 0 Å². The number of hydrogen-bond acceptors (Lipinski definition) is 5. The van der Waals surface area contributed by atoms with E-state index in [0.717, 1.165) is 24.0 Å². The van der Waals surface area contributed by atoms with Gasteiger partial charge in [-0.25, -0.2) is 0 Å². The molecule has 1 amide bonds. The number of ketones is 1. The van der Waals surface area contributed by atoms with Crippen LogP contribution in [0.3, 0.4) is 0 Å². The van der Waals surface area contributed by atoms with Gasteiger partial charge in [0, 0.05) is 13.2 Å². The van der Waals surface area contributed by atoms with E-state index in [4.69, 9.17) is 4.74 Å². The Labute approximate surface area is 161 Å². The number of Topliss-reactive ketones (excluding diaryl/α,β-unsaturated/α-hetero) is 1. The van der Waals surface area contributed by atoms with Gasteiger partial charge in [0.15, 0.2) is 5.76 Å². The number of aliphatic hydroxyl groups is 1. The van der Waals surface area contributed by atoms with E-state index in [1.165, 1.54) is 11.3 Å². The number of rotatable bonds is 5. The Morgan fingerprint density at radius 1 is 1.30 bits per heavy atom. The molecule has 1 N–H and O–H groups in total. The summed E-state index contributed by atoms with van der Waals surface area (Å²) in [6.45, 7) is 3.00. The summed E-state index contributed by atoms with van der Waals surface area (Å²) in [6, 6.07) is 10.6. The molecule has 2 aliphatic rings. The number of carbonyl (C=O) groups is 2. The van der Waals surface area contributed by atoms with E-state index in [9.17, 15) is 14.7 Å². The molecule has 4 rings (SSSR count). The van der Waals surface area contributed by atoms with Gasteiger partial charge in [-0.05, 0) is 42.3 Å². The van der Waals surface area contributed by atoms with Crippen molar-refractivity contribution in [2.24, 2.45) is 0 Å². The van der Waals surface area contributed by atoms with Crippen molar-refractivity contribution in [2.75, 3.05) is 13.2 Å². The number of hydrogen-bond donors (Lipinski definition) is 1. The molecule has 1 saturated heterocycles. The highest BCUT2D eigenvalue weighted by Gasteiger charge is 2.45. The summed E-state index contributed by atoms with van der Waals surface area (Å²) in [5, 5.41) is 12.4. The Hall–Kier alpha value is -2.44. The lowest BCUT2D eigenvalue weighted by molar-refractivity contribution is -0.131. The van der Waals surface area contributed by atoms with Crippen LogP contribution in [0.1, 0.15) is 39.7 Å². The molecule has 1 fully saturated rings. The monoisotopic (exact) mass is 383 g/mol. The van der Waals surface area contributed by atoms with Gasteiger partial charge in [0.1, 0.15) is 0 Å². The average Bonchev–Trinajstić information content (AvgIpc) is 3.40. The molecule has 2 atom stereocenters. The number of aryl methyl sites for hydroxylation is 1. The van der Waals surface area contributed by atoms with Gasteiger partial charge in [0.05, 0.1) is 22.6 Å². The molecular formula is C21H21NO4S. The van der Waals surface area contributed by atoms with Crippen molar-refractivity contribution in [3.8, 4) is 0 Å². The normalized spacial score (nSPS) is 22.7. The summed E-state index contributed by atoms with van der Waals surface area (Å²) < 4.78 is 5.70. The van der Waals surface area contributed by atoms with Crippen molar-refractivity contribution in [2.45, 2.75) is 31.9 Å². The number of aliphatic hydroxyl groups excluding tert-OH is 1. The average molecular weight is 383 g/mol. The largest absolute Gasteiger partial charge is 0.503 e. The first-order chi connectivity index (χ1) is 13.1. The number of benzene rings is 1. The lowest BCUT2D eigenvalue weighted by atomic mass is 9.92. The van der Waals surface area contributed by atoms with E-state index in [1.807, 2.05) is 36.6 Å². The van der Waals surface area contributed by atoms with Gasteiger partial charge in [-0.1, -0.05) is 30.3 Å². The third kappa shape index (κ3) is 3.19. The van der Waals surface area contributed by atoms with Gasteiger partial charge in [0.2, 0.25) is 5.78 Å². The summed E-state index contributed by atoms with van der Waals surface area (Å²) in [7, 11) is 0. The van der Waals surface area contributed by atoms with Crippen LogP contribution in [0.5, 0.6) is 0 Å². The van der Waals surface area contributed by atoms with Gasteiger partial charge in [-0.15, -0.1) is 11.3 Å². The number of amides is 1. The molecule has 1 aromatic carbocycles. The van der Waals surface area contributed by atoms with Crippen LogP contribution in [0.15, 0.2) is 53.1 Å². The Bertz CT molecular complexity index is 897. The van der Waals surface area contributed by atoms with Crippen molar-refractivity contribution >= 4 is 23.0 Å². The van der Waals surface area contributed by atoms with Crippen molar-refractivity contribution in [3.63, 3.8) is 0 Å². The van der Waals surface area contributed by atoms with Crippen LogP contribution in [-0.2, 0) is 9.53 Å². The van der Waals surface area contributed by atoms with E-state index < -0.39 is 17.7 Å². The molecule has 140 valence electrons. The van der Waals surface area contributed by atoms with E-state index in [1.54, 1.807) is 17.0 Å². The molecule has 2 unspecified atom stereocenters.